The Morgan fingerprint density at radius 2 is 0.607 bits per heavy atom. The minimum Gasteiger partial charge on any atom is -0.311 e. The lowest BCUT2D eigenvalue weighted by Crippen LogP contribution is -2.23. The minimum atomic E-state index is 0.105. The topological polar surface area (TPSA) is 6.48 Å². The molecule has 0 bridgehead atoms. The van der Waals surface area contributed by atoms with Crippen molar-refractivity contribution in [1.29, 1.82) is 0 Å². The van der Waals surface area contributed by atoms with Crippen molar-refractivity contribution < 1.29 is 0 Å². The average molecular weight is 1100 g/mol. The Morgan fingerprint density at radius 1 is 0.333 bits per heavy atom. The largest absolute Gasteiger partial charge is 0.311 e. The van der Waals surface area contributed by atoms with Gasteiger partial charge in [0.25, 0.3) is 0 Å². The maximum Gasteiger partial charge on any atom is 0.0462 e. The van der Waals surface area contributed by atoms with Gasteiger partial charge in [-0.3, -0.25) is 0 Å². The predicted molar refractivity (Wildman–Crippen MR) is 365 cm³/mol. The van der Waals surface area contributed by atoms with Gasteiger partial charge in [-0.15, -0.1) is 0 Å². The predicted octanol–water partition coefficient (Wildman–Crippen LogP) is 24.0. The van der Waals surface area contributed by atoms with Gasteiger partial charge < -0.3 is 9.80 Å². The first kappa shape index (κ1) is 59.2. The molecule has 9 aromatic rings. The van der Waals surface area contributed by atoms with Gasteiger partial charge in [0.1, 0.15) is 0 Å². The van der Waals surface area contributed by atoms with Gasteiger partial charge in [-0.05, 0) is 185 Å². The first-order valence-electron chi connectivity index (χ1n) is 30.7. The zero-order valence-corrected chi connectivity index (χ0v) is 53.0. The number of benzene rings is 9. The highest BCUT2D eigenvalue weighted by Crippen LogP contribution is 2.45. The fourth-order valence-electron chi connectivity index (χ4n) is 11.9. The second-order valence-electron chi connectivity index (χ2n) is 29.1. The summed E-state index contributed by atoms with van der Waals surface area (Å²) in [5.74, 6) is 0.803. The standard InChI is InChI=1S/C82H90N2/c1-78(2,3)56-77(82(13,14)15)67-18-16-57(17-19-67)61-26-44-71(45-27-61)83(72-46-28-62(29-47-72)58-20-38-68(39-21-58)79(4,5)6)75-52-34-65(35-53-75)66-36-54-76(55-37-66)84(73-48-30-63(31-49-73)59-22-40-69(41-23-59)80(7,8)9)74-50-32-64(33-51-74)60-24-42-70(43-25-60)81(10,11)12/h16-32,34-55,64,77H,33,56H2,1-15H3. The van der Waals surface area contributed by atoms with E-state index in [1.165, 1.54) is 78.0 Å². The Balaban J connectivity index is 0.942. The van der Waals surface area contributed by atoms with Crippen LogP contribution in [0.4, 0.5) is 28.4 Å². The zero-order valence-electron chi connectivity index (χ0n) is 53.0. The molecular weight excluding hydrogens is 1010 g/mol. The summed E-state index contributed by atoms with van der Waals surface area (Å²) in [6, 6.07) is 82.2. The Bertz CT molecular complexity index is 3690. The molecule has 2 nitrogen and oxygen atoms in total. The highest BCUT2D eigenvalue weighted by atomic mass is 15.1. The number of anilines is 5. The fourth-order valence-corrected chi connectivity index (χ4v) is 11.9. The van der Waals surface area contributed by atoms with E-state index >= 15 is 0 Å². The van der Waals surface area contributed by atoms with E-state index in [1.54, 1.807) is 0 Å². The van der Waals surface area contributed by atoms with Gasteiger partial charge in [-0.1, -0.05) is 274 Å². The number of rotatable bonds is 13. The van der Waals surface area contributed by atoms with Crippen molar-refractivity contribution >= 4 is 28.4 Å². The van der Waals surface area contributed by atoms with Crippen LogP contribution in [0, 0.1) is 10.8 Å². The Kier molecular flexibility index (Phi) is 16.6. The molecule has 0 fully saturated rings. The summed E-state index contributed by atoms with van der Waals surface area (Å²) in [6.45, 7) is 34.7. The van der Waals surface area contributed by atoms with Crippen molar-refractivity contribution in [3.63, 3.8) is 0 Å². The molecule has 0 aliphatic heterocycles. The smallest absolute Gasteiger partial charge is 0.0462 e. The molecule has 0 heterocycles. The number of hydrogen-bond acceptors (Lipinski definition) is 2. The van der Waals surface area contributed by atoms with Gasteiger partial charge in [0.05, 0.1) is 0 Å². The van der Waals surface area contributed by atoms with Crippen LogP contribution in [0.25, 0.3) is 44.5 Å². The van der Waals surface area contributed by atoms with Crippen molar-refractivity contribution in [1.82, 2.24) is 0 Å². The summed E-state index contributed by atoms with van der Waals surface area (Å²) in [6.07, 6.45) is 9.21. The zero-order chi connectivity index (χ0) is 59.8. The van der Waals surface area contributed by atoms with E-state index in [9.17, 15) is 0 Å². The Hall–Kier alpha value is -7.94. The molecule has 2 atom stereocenters. The molecule has 9 aromatic carbocycles. The van der Waals surface area contributed by atoms with Crippen LogP contribution in [0.3, 0.4) is 0 Å². The molecule has 84 heavy (non-hydrogen) atoms. The fraction of sp³-hybridized carbons (Fsp3) is 0.293. The van der Waals surface area contributed by atoms with Gasteiger partial charge in [0, 0.05) is 40.1 Å². The van der Waals surface area contributed by atoms with Gasteiger partial charge in [0.15, 0.2) is 0 Å². The van der Waals surface area contributed by atoms with E-state index in [4.69, 9.17) is 0 Å². The number of nitrogens with zero attached hydrogens (tertiary/aromatic N) is 2. The quantitative estimate of drug-likeness (QED) is 0.114. The molecule has 2 heteroatoms. The summed E-state index contributed by atoms with van der Waals surface area (Å²) >= 11 is 0. The van der Waals surface area contributed by atoms with E-state index in [-0.39, 0.29) is 27.1 Å². The molecule has 0 saturated carbocycles. The van der Waals surface area contributed by atoms with E-state index < -0.39 is 0 Å². The average Bonchev–Trinajstić information content (AvgIpc) is 2.39. The van der Waals surface area contributed by atoms with Gasteiger partial charge >= 0.3 is 0 Å². The lowest BCUT2D eigenvalue weighted by Gasteiger charge is -2.36. The van der Waals surface area contributed by atoms with E-state index in [0.29, 0.717) is 11.8 Å². The van der Waals surface area contributed by atoms with Crippen LogP contribution in [0.15, 0.2) is 242 Å². The van der Waals surface area contributed by atoms with Crippen molar-refractivity contribution in [3.05, 3.63) is 270 Å². The van der Waals surface area contributed by atoms with Crippen molar-refractivity contribution in [2.45, 2.75) is 145 Å². The molecule has 428 valence electrons. The highest BCUT2D eigenvalue weighted by molar-refractivity contribution is 5.82. The van der Waals surface area contributed by atoms with E-state index in [1.807, 2.05) is 0 Å². The van der Waals surface area contributed by atoms with Crippen LogP contribution in [-0.4, -0.2) is 0 Å². The third-order valence-electron chi connectivity index (χ3n) is 17.2. The van der Waals surface area contributed by atoms with Gasteiger partial charge in [-0.25, -0.2) is 0 Å². The van der Waals surface area contributed by atoms with Crippen molar-refractivity contribution in [2.75, 3.05) is 9.80 Å². The highest BCUT2D eigenvalue weighted by Gasteiger charge is 2.31. The number of hydrogen-bond donors (Lipinski definition) is 0. The Morgan fingerprint density at radius 3 is 0.869 bits per heavy atom. The van der Waals surface area contributed by atoms with E-state index in [2.05, 4.69) is 350 Å². The minimum absolute atomic E-state index is 0.105. The molecule has 0 N–H and O–H groups in total. The molecule has 0 spiro atoms. The van der Waals surface area contributed by atoms with Crippen LogP contribution in [0.5, 0.6) is 0 Å². The van der Waals surface area contributed by atoms with Gasteiger partial charge in [-0.2, -0.15) is 0 Å². The van der Waals surface area contributed by atoms with Crippen LogP contribution in [-0.2, 0) is 16.2 Å². The van der Waals surface area contributed by atoms with Crippen LogP contribution in [0.1, 0.15) is 156 Å². The van der Waals surface area contributed by atoms with Crippen LogP contribution in [0.2, 0.25) is 0 Å². The normalized spacial score (nSPS) is 14.5. The lowest BCUT2D eigenvalue weighted by molar-refractivity contribution is 0.229. The number of allylic oxidation sites excluding steroid dienone is 3. The lowest BCUT2D eigenvalue weighted by atomic mass is 9.69. The SMILES string of the molecule is CC(C)(C)CC(c1ccc(-c2ccc(N(c3ccc(-c4ccc(N(C5=CCC(c6ccc(C(C)(C)C)cc6)C=C5)c5ccc(-c6ccc(C(C)(C)C)cc6)cc5)cc4)cc3)c3ccc(-c4ccc(C(C)(C)C)cc4)cc3)cc2)cc1)C(C)(C)C. The maximum absolute atomic E-state index is 2.42. The summed E-state index contributed by atoms with van der Waals surface area (Å²) in [4.78, 5) is 4.79. The molecule has 1 aliphatic carbocycles. The second kappa shape index (κ2) is 23.6. The summed E-state index contributed by atoms with van der Waals surface area (Å²) in [5, 5.41) is 0. The first-order valence-corrected chi connectivity index (χ1v) is 30.7. The maximum atomic E-state index is 2.42. The molecule has 0 amide bonds. The summed E-state index contributed by atoms with van der Waals surface area (Å²) in [5.41, 5.74) is 23.9. The van der Waals surface area contributed by atoms with Gasteiger partial charge in [0.2, 0.25) is 0 Å². The molecule has 0 radical (unpaired) electrons. The van der Waals surface area contributed by atoms with Crippen molar-refractivity contribution in [2.24, 2.45) is 10.8 Å². The third-order valence-corrected chi connectivity index (χ3v) is 17.2. The molecule has 0 saturated heterocycles. The van der Waals surface area contributed by atoms with Crippen LogP contribution >= 0.6 is 0 Å². The van der Waals surface area contributed by atoms with Crippen LogP contribution < -0.4 is 9.80 Å². The molecule has 0 aromatic heterocycles. The Labute approximate surface area is 505 Å². The molecule has 1 aliphatic rings. The van der Waals surface area contributed by atoms with Crippen molar-refractivity contribution in [3.8, 4) is 44.5 Å². The molecular formula is C82H90N2. The first-order chi connectivity index (χ1) is 39.7. The summed E-state index contributed by atoms with van der Waals surface area (Å²) < 4.78 is 0. The molecule has 10 rings (SSSR count). The monoisotopic (exact) mass is 1100 g/mol. The molecule has 2 unspecified atom stereocenters. The third kappa shape index (κ3) is 13.8. The second-order valence-corrected chi connectivity index (χ2v) is 29.1. The van der Waals surface area contributed by atoms with E-state index in [0.717, 1.165) is 41.3 Å². The summed E-state index contributed by atoms with van der Waals surface area (Å²) in [7, 11) is 0.